The van der Waals surface area contributed by atoms with Gasteiger partial charge in [0.25, 0.3) is 0 Å². The van der Waals surface area contributed by atoms with Gasteiger partial charge in [-0.1, -0.05) is 19.1 Å². The van der Waals surface area contributed by atoms with Gasteiger partial charge in [-0.15, -0.1) is 0 Å². The number of thiocarbonyl (C=S) groups is 1. The van der Waals surface area contributed by atoms with Crippen LogP contribution in [0.4, 0.5) is 5.69 Å². The first-order valence-corrected chi connectivity index (χ1v) is 7.62. The monoisotopic (exact) mass is 326 g/mol. The van der Waals surface area contributed by atoms with Crippen molar-refractivity contribution in [2.24, 2.45) is 11.7 Å². The second-order valence-corrected chi connectivity index (χ2v) is 6.35. The average Bonchev–Trinajstić information content (AvgIpc) is 2.54. The van der Waals surface area contributed by atoms with Crippen LogP contribution in [0.5, 0.6) is 0 Å². The van der Waals surface area contributed by atoms with Gasteiger partial charge < -0.3 is 10.6 Å². The quantitative estimate of drug-likeness (QED) is 0.840. The molecule has 98 valence electrons. The lowest BCUT2D eigenvalue weighted by Crippen LogP contribution is -2.24. The van der Waals surface area contributed by atoms with Gasteiger partial charge in [0.1, 0.15) is 4.99 Å². The Hall–Kier alpha value is -0.610. The summed E-state index contributed by atoms with van der Waals surface area (Å²) in [5, 5.41) is 0. The molecule has 1 heterocycles. The molecule has 2 rings (SSSR count). The van der Waals surface area contributed by atoms with Crippen molar-refractivity contribution < 1.29 is 0 Å². The predicted molar refractivity (Wildman–Crippen MR) is 85.3 cm³/mol. The van der Waals surface area contributed by atoms with E-state index in [9.17, 15) is 0 Å². The summed E-state index contributed by atoms with van der Waals surface area (Å²) in [5.41, 5.74) is 7.83. The maximum absolute atomic E-state index is 5.65. The highest BCUT2D eigenvalue weighted by atomic mass is 79.9. The van der Waals surface area contributed by atoms with E-state index in [1.54, 1.807) is 0 Å². The van der Waals surface area contributed by atoms with Crippen molar-refractivity contribution >= 4 is 38.8 Å². The third-order valence-electron chi connectivity index (χ3n) is 3.59. The van der Waals surface area contributed by atoms with Crippen LogP contribution >= 0.6 is 28.1 Å². The van der Waals surface area contributed by atoms with Crippen molar-refractivity contribution in [3.05, 3.63) is 28.2 Å². The Bertz CT molecular complexity index is 447. The molecule has 0 spiro atoms. The molecule has 1 fully saturated rings. The van der Waals surface area contributed by atoms with Crippen LogP contribution in [-0.4, -0.2) is 18.1 Å². The predicted octanol–water partition coefficient (Wildman–Crippen LogP) is 3.71. The van der Waals surface area contributed by atoms with Gasteiger partial charge in [0.2, 0.25) is 0 Å². The molecule has 0 aromatic heterocycles. The Morgan fingerprint density at radius 1 is 1.39 bits per heavy atom. The van der Waals surface area contributed by atoms with Gasteiger partial charge in [0.15, 0.2) is 0 Å². The molecule has 2 nitrogen and oxygen atoms in total. The number of anilines is 1. The molecule has 1 aromatic carbocycles. The van der Waals surface area contributed by atoms with E-state index >= 15 is 0 Å². The SMILES string of the molecule is CC1CCCN(c2ccc(C(N)=S)cc2Br)CC1. The molecule has 18 heavy (non-hydrogen) atoms. The average molecular weight is 327 g/mol. The Morgan fingerprint density at radius 3 is 2.83 bits per heavy atom. The topological polar surface area (TPSA) is 29.3 Å². The first-order valence-electron chi connectivity index (χ1n) is 6.42. The smallest absolute Gasteiger partial charge is 0.104 e. The Labute approximate surface area is 123 Å². The molecule has 0 bridgehead atoms. The molecule has 4 heteroatoms. The zero-order valence-corrected chi connectivity index (χ0v) is 13.1. The number of rotatable bonds is 2. The third-order valence-corrected chi connectivity index (χ3v) is 4.46. The molecular weight excluding hydrogens is 308 g/mol. The van der Waals surface area contributed by atoms with Crippen LogP contribution in [0.25, 0.3) is 0 Å². The van der Waals surface area contributed by atoms with Gasteiger partial charge in [-0.05, 0) is 59.3 Å². The molecule has 0 aliphatic carbocycles. The maximum atomic E-state index is 5.65. The minimum atomic E-state index is 0.451. The molecule has 1 aromatic rings. The summed E-state index contributed by atoms with van der Waals surface area (Å²) in [6, 6.07) is 6.15. The molecule has 0 saturated carbocycles. The maximum Gasteiger partial charge on any atom is 0.104 e. The Balaban J connectivity index is 2.20. The molecule has 1 atom stereocenters. The van der Waals surface area contributed by atoms with Crippen molar-refractivity contribution in [2.75, 3.05) is 18.0 Å². The zero-order valence-electron chi connectivity index (χ0n) is 10.7. The normalized spacial score (nSPS) is 20.6. The summed E-state index contributed by atoms with van der Waals surface area (Å²) >= 11 is 8.64. The molecule has 1 aliphatic heterocycles. The second-order valence-electron chi connectivity index (χ2n) is 5.05. The van der Waals surface area contributed by atoms with Crippen molar-refractivity contribution in [2.45, 2.75) is 26.2 Å². The number of hydrogen-bond acceptors (Lipinski definition) is 2. The number of benzene rings is 1. The highest BCUT2D eigenvalue weighted by Crippen LogP contribution is 2.30. The fraction of sp³-hybridized carbons (Fsp3) is 0.500. The zero-order chi connectivity index (χ0) is 13.1. The van der Waals surface area contributed by atoms with E-state index in [1.807, 2.05) is 12.1 Å². The van der Waals surface area contributed by atoms with Crippen LogP contribution in [0.15, 0.2) is 22.7 Å². The third kappa shape index (κ3) is 3.23. The number of nitrogens with two attached hydrogens (primary N) is 1. The van der Waals surface area contributed by atoms with Crippen LogP contribution < -0.4 is 10.6 Å². The molecule has 0 radical (unpaired) electrons. The summed E-state index contributed by atoms with van der Waals surface area (Å²) in [4.78, 5) is 2.91. The van der Waals surface area contributed by atoms with Gasteiger partial charge in [-0.2, -0.15) is 0 Å². The van der Waals surface area contributed by atoms with Crippen LogP contribution in [0.3, 0.4) is 0 Å². The van der Waals surface area contributed by atoms with Gasteiger partial charge in [0.05, 0.1) is 5.69 Å². The molecule has 1 aliphatic rings. The van der Waals surface area contributed by atoms with Gasteiger partial charge in [0, 0.05) is 23.1 Å². The molecule has 1 saturated heterocycles. The van der Waals surface area contributed by atoms with Crippen molar-refractivity contribution in [1.82, 2.24) is 0 Å². The largest absolute Gasteiger partial charge is 0.389 e. The lowest BCUT2D eigenvalue weighted by Gasteiger charge is -2.24. The van der Waals surface area contributed by atoms with Gasteiger partial charge in [-0.3, -0.25) is 0 Å². The van der Waals surface area contributed by atoms with E-state index in [0.717, 1.165) is 29.0 Å². The Kier molecular flexibility index (Phi) is 4.62. The van der Waals surface area contributed by atoms with Crippen LogP contribution in [0.2, 0.25) is 0 Å². The molecular formula is C14H19BrN2S. The fourth-order valence-electron chi connectivity index (χ4n) is 2.42. The fourth-order valence-corrected chi connectivity index (χ4v) is 3.18. The summed E-state index contributed by atoms with van der Waals surface area (Å²) in [6.45, 7) is 4.61. The highest BCUT2D eigenvalue weighted by Gasteiger charge is 2.16. The highest BCUT2D eigenvalue weighted by molar-refractivity contribution is 9.10. The molecule has 2 N–H and O–H groups in total. The van der Waals surface area contributed by atoms with Crippen LogP contribution in [-0.2, 0) is 0 Å². The van der Waals surface area contributed by atoms with E-state index in [0.29, 0.717) is 4.99 Å². The lowest BCUT2D eigenvalue weighted by atomic mass is 10.0. The summed E-state index contributed by atoms with van der Waals surface area (Å²) in [7, 11) is 0. The number of hydrogen-bond donors (Lipinski definition) is 1. The second kappa shape index (κ2) is 6.02. The van der Waals surface area contributed by atoms with Gasteiger partial charge in [-0.25, -0.2) is 0 Å². The first-order chi connectivity index (χ1) is 8.58. The molecule has 1 unspecified atom stereocenters. The van der Waals surface area contributed by atoms with E-state index < -0.39 is 0 Å². The number of halogens is 1. The number of nitrogens with zero attached hydrogens (tertiary/aromatic N) is 1. The van der Waals surface area contributed by atoms with Crippen molar-refractivity contribution in [3.63, 3.8) is 0 Å². The van der Waals surface area contributed by atoms with E-state index in [1.165, 1.54) is 24.9 Å². The van der Waals surface area contributed by atoms with Crippen LogP contribution in [0.1, 0.15) is 31.7 Å². The van der Waals surface area contributed by atoms with Crippen molar-refractivity contribution in [3.8, 4) is 0 Å². The van der Waals surface area contributed by atoms with E-state index in [2.05, 4.69) is 33.8 Å². The lowest BCUT2D eigenvalue weighted by molar-refractivity contribution is 0.521. The van der Waals surface area contributed by atoms with Crippen LogP contribution in [0, 0.1) is 5.92 Å². The minimum absolute atomic E-state index is 0.451. The molecule has 0 amide bonds. The minimum Gasteiger partial charge on any atom is -0.389 e. The summed E-state index contributed by atoms with van der Waals surface area (Å²) in [6.07, 6.45) is 3.87. The standard InChI is InChI=1S/C14H19BrN2S/c1-10-3-2-7-17(8-6-10)13-5-4-11(14(16)18)9-12(13)15/h4-5,9-10H,2-3,6-8H2,1H3,(H2,16,18). The van der Waals surface area contributed by atoms with E-state index in [-0.39, 0.29) is 0 Å². The van der Waals surface area contributed by atoms with E-state index in [4.69, 9.17) is 18.0 Å². The summed E-state index contributed by atoms with van der Waals surface area (Å²) < 4.78 is 1.09. The Morgan fingerprint density at radius 2 is 2.17 bits per heavy atom. The van der Waals surface area contributed by atoms with Gasteiger partial charge >= 0.3 is 0 Å². The first kappa shape index (κ1) is 13.8. The summed E-state index contributed by atoms with van der Waals surface area (Å²) in [5.74, 6) is 0.838. The van der Waals surface area contributed by atoms with Crippen molar-refractivity contribution in [1.29, 1.82) is 0 Å².